The lowest BCUT2D eigenvalue weighted by Gasteiger charge is -2.11. The van der Waals surface area contributed by atoms with Crippen molar-refractivity contribution in [3.63, 3.8) is 0 Å². The molecule has 0 unspecified atom stereocenters. The average molecular weight is 269 g/mol. The molecule has 2 rings (SSSR count). The predicted octanol–water partition coefficient (Wildman–Crippen LogP) is 2.40. The third-order valence-electron chi connectivity index (χ3n) is 3.34. The van der Waals surface area contributed by atoms with Gasteiger partial charge in [0.25, 0.3) is 0 Å². The van der Waals surface area contributed by atoms with E-state index < -0.39 is 29.4 Å². The van der Waals surface area contributed by atoms with E-state index in [0.29, 0.717) is 12.8 Å². The number of benzene rings is 1. The van der Waals surface area contributed by atoms with Gasteiger partial charge in [0, 0.05) is 17.7 Å². The van der Waals surface area contributed by atoms with Gasteiger partial charge in [0.15, 0.2) is 11.6 Å². The van der Waals surface area contributed by atoms with Gasteiger partial charge < -0.3 is 10.4 Å². The number of amides is 1. The van der Waals surface area contributed by atoms with E-state index in [1.165, 1.54) is 6.07 Å². The second-order valence-corrected chi connectivity index (χ2v) is 4.66. The first-order valence-electron chi connectivity index (χ1n) is 5.96. The van der Waals surface area contributed by atoms with E-state index in [1.54, 1.807) is 0 Å². The monoisotopic (exact) mass is 269 g/mol. The normalized spacial score (nSPS) is 22.2. The highest BCUT2D eigenvalue weighted by Gasteiger charge is 2.33. The Kier molecular flexibility index (Phi) is 3.78. The molecule has 0 bridgehead atoms. The number of carbonyl (C=O) groups excluding carboxylic acids is 1. The number of carboxylic acids is 1. The van der Waals surface area contributed by atoms with E-state index in [1.807, 2.05) is 0 Å². The summed E-state index contributed by atoms with van der Waals surface area (Å²) in [5, 5.41) is 11.3. The first-order valence-corrected chi connectivity index (χ1v) is 5.96. The molecule has 1 aliphatic rings. The molecular weight excluding hydrogens is 256 g/mol. The highest BCUT2D eigenvalue weighted by atomic mass is 19.2. The molecule has 1 aromatic rings. The molecule has 2 N–H and O–H groups in total. The Morgan fingerprint density at radius 1 is 1.16 bits per heavy atom. The van der Waals surface area contributed by atoms with Crippen LogP contribution in [0.5, 0.6) is 0 Å². The lowest BCUT2D eigenvalue weighted by atomic mass is 10.0. The number of rotatable bonds is 3. The van der Waals surface area contributed by atoms with Crippen molar-refractivity contribution >= 4 is 17.6 Å². The van der Waals surface area contributed by atoms with Crippen LogP contribution in [0.25, 0.3) is 0 Å². The largest absolute Gasteiger partial charge is 0.481 e. The zero-order valence-corrected chi connectivity index (χ0v) is 10.0. The Bertz CT molecular complexity index is 519. The van der Waals surface area contributed by atoms with Gasteiger partial charge in [-0.25, -0.2) is 8.78 Å². The summed E-state index contributed by atoms with van der Waals surface area (Å²) >= 11 is 0. The number of carbonyl (C=O) groups is 2. The first-order chi connectivity index (χ1) is 8.97. The van der Waals surface area contributed by atoms with Crippen LogP contribution >= 0.6 is 0 Å². The summed E-state index contributed by atoms with van der Waals surface area (Å²) in [4.78, 5) is 22.6. The summed E-state index contributed by atoms with van der Waals surface area (Å²) in [7, 11) is 0. The van der Waals surface area contributed by atoms with Crippen molar-refractivity contribution < 1.29 is 23.5 Å². The van der Waals surface area contributed by atoms with Crippen LogP contribution in [0.1, 0.15) is 19.3 Å². The van der Waals surface area contributed by atoms with Crippen LogP contribution in [0, 0.1) is 23.5 Å². The number of hydrogen-bond acceptors (Lipinski definition) is 2. The standard InChI is InChI=1S/C13H13F2NO3/c14-10-4-3-9(6-11(10)15)16-12(17)7-1-2-8(5-7)13(18)19/h3-4,6-8H,1-2,5H2,(H,16,17)(H,18,19)/t7-,8+/m1/s1. The topological polar surface area (TPSA) is 66.4 Å². The fourth-order valence-electron chi connectivity index (χ4n) is 2.26. The summed E-state index contributed by atoms with van der Waals surface area (Å²) in [6.45, 7) is 0. The summed E-state index contributed by atoms with van der Waals surface area (Å²) in [5.74, 6) is -4.16. The minimum absolute atomic E-state index is 0.169. The molecular formula is C13H13F2NO3. The van der Waals surface area contributed by atoms with Crippen molar-refractivity contribution in [2.24, 2.45) is 11.8 Å². The molecule has 1 amide bonds. The van der Waals surface area contributed by atoms with Crippen molar-refractivity contribution in [3.05, 3.63) is 29.8 Å². The molecule has 0 saturated heterocycles. The Morgan fingerprint density at radius 2 is 1.84 bits per heavy atom. The van der Waals surface area contributed by atoms with Gasteiger partial charge in [-0.2, -0.15) is 0 Å². The zero-order chi connectivity index (χ0) is 14.0. The van der Waals surface area contributed by atoms with Crippen LogP contribution in [0.4, 0.5) is 14.5 Å². The first kappa shape index (κ1) is 13.5. The molecule has 19 heavy (non-hydrogen) atoms. The molecule has 102 valence electrons. The lowest BCUT2D eigenvalue weighted by Crippen LogP contribution is -2.21. The number of nitrogens with one attached hydrogen (secondary N) is 1. The summed E-state index contributed by atoms with van der Waals surface area (Å²) in [6.07, 6.45) is 1.24. The third kappa shape index (κ3) is 3.07. The molecule has 4 nitrogen and oxygen atoms in total. The minimum atomic E-state index is -1.03. The number of aliphatic carboxylic acids is 1. The molecule has 0 aliphatic heterocycles. The van der Waals surface area contributed by atoms with E-state index >= 15 is 0 Å². The maximum absolute atomic E-state index is 13.0. The van der Waals surface area contributed by atoms with E-state index in [2.05, 4.69) is 5.32 Å². The third-order valence-corrected chi connectivity index (χ3v) is 3.34. The van der Waals surface area contributed by atoms with Gasteiger partial charge in [-0.3, -0.25) is 9.59 Å². The van der Waals surface area contributed by atoms with Crippen molar-refractivity contribution in [1.29, 1.82) is 0 Å². The van der Waals surface area contributed by atoms with Crippen LogP contribution in [-0.2, 0) is 9.59 Å². The maximum Gasteiger partial charge on any atom is 0.306 e. The second kappa shape index (κ2) is 5.34. The van der Waals surface area contributed by atoms with Crippen LogP contribution in [0.15, 0.2) is 18.2 Å². The molecule has 0 heterocycles. The zero-order valence-electron chi connectivity index (χ0n) is 10.0. The molecule has 1 fully saturated rings. The number of hydrogen-bond donors (Lipinski definition) is 2. The molecule has 2 atom stereocenters. The van der Waals surface area contributed by atoms with E-state index in [0.717, 1.165) is 12.1 Å². The van der Waals surface area contributed by atoms with Gasteiger partial charge in [-0.05, 0) is 31.4 Å². The van der Waals surface area contributed by atoms with Crippen LogP contribution in [-0.4, -0.2) is 17.0 Å². The van der Waals surface area contributed by atoms with Gasteiger partial charge in [0.1, 0.15) is 0 Å². The number of anilines is 1. The molecule has 1 aliphatic carbocycles. The highest BCUT2D eigenvalue weighted by Crippen LogP contribution is 2.32. The van der Waals surface area contributed by atoms with Crippen LogP contribution in [0.3, 0.4) is 0 Å². The summed E-state index contributed by atoms with van der Waals surface area (Å²) in [5.41, 5.74) is 0.169. The Morgan fingerprint density at radius 3 is 2.42 bits per heavy atom. The average Bonchev–Trinajstić information content (AvgIpc) is 2.83. The maximum atomic E-state index is 13.0. The number of carboxylic acid groups (broad SMARTS) is 1. The van der Waals surface area contributed by atoms with Crippen LogP contribution in [0.2, 0.25) is 0 Å². The highest BCUT2D eigenvalue weighted by molar-refractivity contribution is 5.93. The smallest absolute Gasteiger partial charge is 0.306 e. The van der Waals surface area contributed by atoms with Gasteiger partial charge in [-0.15, -0.1) is 0 Å². The van der Waals surface area contributed by atoms with Gasteiger partial charge >= 0.3 is 5.97 Å². The van der Waals surface area contributed by atoms with E-state index in [-0.39, 0.29) is 18.0 Å². The van der Waals surface area contributed by atoms with Crippen molar-refractivity contribution in [3.8, 4) is 0 Å². The van der Waals surface area contributed by atoms with Gasteiger partial charge in [0.05, 0.1) is 5.92 Å². The second-order valence-electron chi connectivity index (χ2n) is 4.66. The lowest BCUT2D eigenvalue weighted by molar-refractivity contribution is -0.141. The van der Waals surface area contributed by atoms with Crippen molar-refractivity contribution in [2.45, 2.75) is 19.3 Å². The number of halogens is 2. The van der Waals surface area contributed by atoms with Crippen molar-refractivity contribution in [1.82, 2.24) is 0 Å². The summed E-state index contributed by atoms with van der Waals surface area (Å²) in [6, 6.07) is 3.09. The Hall–Kier alpha value is -1.98. The van der Waals surface area contributed by atoms with E-state index in [9.17, 15) is 18.4 Å². The summed E-state index contributed by atoms with van der Waals surface area (Å²) < 4.78 is 25.7. The SMILES string of the molecule is O=C(O)[C@H]1CC[C@@H](C(=O)Nc2ccc(F)c(F)c2)C1. The van der Waals surface area contributed by atoms with Gasteiger partial charge in [0.2, 0.25) is 5.91 Å². The van der Waals surface area contributed by atoms with Crippen LogP contribution < -0.4 is 5.32 Å². The molecule has 0 aromatic heterocycles. The fourth-order valence-corrected chi connectivity index (χ4v) is 2.26. The predicted molar refractivity (Wildman–Crippen MR) is 63.5 cm³/mol. The minimum Gasteiger partial charge on any atom is -0.481 e. The Labute approximate surface area is 108 Å². The molecule has 1 saturated carbocycles. The Balaban J connectivity index is 1.98. The molecule has 1 aromatic carbocycles. The quantitative estimate of drug-likeness (QED) is 0.885. The molecule has 6 heteroatoms. The molecule has 0 radical (unpaired) electrons. The molecule has 0 spiro atoms. The van der Waals surface area contributed by atoms with E-state index in [4.69, 9.17) is 5.11 Å². The fraction of sp³-hybridized carbons (Fsp3) is 0.385. The van der Waals surface area contributed by atoms with Gasteiger partial charge in [-0.1, -0.05) is 0 Å². The van der Waals surface area contributed by atoms with Crippen molar-refractivity contribution in [2.75, 3.05) is 5.32 Å².